The van der Waals surface area contributed by atoms with Crippen molar-refractivity contribution in [3.63, 3.8) is 0 Å². The number of carbonyl (C=O) groups is 1. The van der Waals surface area contributed by atoms with Crippen LogP contribution in [0.15, 0.2) is 52.5 Å². The normalized spacial score (nSPS) is 23.5. The summed E-state index contributed by atoms with van der Waals surface area (Å²) in [6, 6.07) is 10.3. The quantitative estimate of drug-likeness (QED) is 0.683. The molecule has 1 saturated carbocycles. The molecule has 0 spiro atoms. The van der Waals surface area contributed by atoms with Crippen LogP contribution in [0.25, 0.3) is 0 Å². The third kappa shape index (κ3) is 5.45. The highest BCUT2D eigenvalue weighted by atomic mass is 32.2. The molecule has 0 N–H and O–H groups in total. The third-order valence-corrected chi connectivity index (χ3v) is 8.17. The first-order chi connectivity index (χ1) is 15.7. The molecule has 0 bridgehead atoms. The van der Waals surface area contributed by atoms with Crippen LogP contribution in [-0.2, 0) is 14.8 Å². The van der Waals surface area contributed by atoms with Crippen LogP contribution in [0.2, 0.25) is 0 Å². The second-order valence-corrected chi connectivity index (χ2v) is 11.2. The zero-order valence-corrected chi connectivity index (χ0v) is 20.4. The van der Waals surface area contributed by atoms with E-state index in [1.165, 1.54) is 35.7 Å². The molecular formula is C25H33N3O4S. The number of morpholine rings is 1. The Morgan fingerprint density at radius 1 is 1.00 bits per heavy atom. The molecule has 4 rings (SSSR count). The van der Waals surface area contributed by atoms with Crippen molar-refractivity contribution in [1.29, 1.82) is 0 Å². The Bertz CT molecular complexity index is 1150. The predicted molar refractivity (Wildman–Crippen MR) is 127 cm³/mol. The number of aromatic nitrogens is 1. The number of hydrogen-bond acceptors (Lipinski definition) is 5. The molecule has 7 nitrogen and oxygen atoms in total. The smallest absolute Gasteiger partial charge is 0.263 e. The number of hydrogen-bond donors (Lipinski definition) is 0. The van der Waals surface area contributed by atoms with Gasteiger partial charge in [0.25, 0.3) is 5.91 Å². The van der Waals surface area contributed by atoms with E-state index in [1.807, 2.05) is 32.9 Å². The summed E-state index contributed by atoms with van der Waals surface area (Å²) in [7, 11) is -3.65. The lowest BCUT2D eigenvalue weighted by atomic mass is 9.96. The summed E-state index contributed by atoms with van der Waals surface area (Å²) in [6.07, 6.45) is 7.12. The van der Waals surface area contributed by atoms with E-state index >= 15 is 0 Å². The van der Waals surface area contributed by atoms with Gasteiger partial charge in [0.2, 0.25) is 10.0 Å². The molecule has 1 aromatic carbocycles. The molecule has 2 unspecified atom stereocenters. The molecule has 2 heterocycles. The van der Waals surface area contributed by atoms with Crippen molar-refractivity contribution in [3.8, 4) is 0 Å². The Morgan fingerprint density at radius 3 is 2.27 bits per heavy atom. The van der Waals surface area contributed by atoms with Gasteiger partial charge in [-0.15, -0.1) is 0 Å². The van der Waals surface area contributed by atoms with E-state index in [0.29, 0.717) is 24.1 Å². The average Bonchev–Trinajstić information content (AvgIpc) is 2.79. The molecule has 1 aliphatic carbocycles. The fraction of sp³-hybridized carbons (Fsp3) is 0.520. The summed E-state index contributed by atoms with van der Waals surface area (Å²) in [6.45, 7) is 6.36. The van der Waals surface area contributed by atoms with Crippen molar-refractivity contribution in [2.45, 2.75) is 76.0 Å². The molecule has 1 aromatic heterocycles. The van der Waals surface area contributed by atoms with Crippen LogP contribution in [0.3, 0.4) is 0 Å². The molecule has 2 atom stereocenters. The standard InChI is InChI=1S/C25H33N3O4S/c1-18-13-14-28(24(15-18)26-22-7-5-4-6-8-22)25(29)21-9-11-23(12-10-21)33(30,31)27-16-19(2)32-20(3)17-27/h9-15,19-20,22H,4-8,16-17H2,1-3H3. The molecule has 0 amide bonds. The summed E-state index contributed by atoms with van der Waals surface area (Å²) in [5.74, 6) is -0.220. The van der Waals surface area contributed by atoms with Gasteiger partial charge in [0.15, 0.2) is 0 Å². The maximum Gasteiger partial charge on any atom is 0.263 e. The summed E-state index contributed by atoms with van der Waals surface area (Å²) >= 11 is 0. The van der Waals surface area contributed by atoms with Crippen molar-refractivity contribution in [2.75, 3.05) is 13.1 Å². The van der Waals surface area contributed by atoms with Crippen LogP contribution in [0.4, 0.5) is 0 Å². The lowest BCUT2D eigenvalue weighted by molar-refractivity contribution is -0.0440. The van der Waals surface area contributed by atoms with E-state index in [-0.39, 0.29) is 29.1 Å². The number of ether oxygens (including phenoxy) is 1. The fourth-order valence-electron chi connectivity index (χ4n) is 4.64. The zero-order valence-electron chi connectivity index (χ0n) is 19.6. The SMILES string of the molecule is Cc1ccn(C(=O)c2ccc(S(=O)(=O)N3CC(C)OC(C)C3)cc2)c(=NC2CCCCC2)c1. The van der Waals surface area contributed by atoms with Crippen LogP contribution in [-0.4, -0.2) is 54.5 Å². The van der Waals surface area contributed by atoms with Gasteiger partial charge in [-0.05, 0) is 75.6 Å². The Hall–Kier alpha value is -2.29. The van der Waals surface area contributed by atoms with E-state index in [1.54, 1.807) is 22.9 Å². The van der Waals surface area contributed by atoms with Gasteiger partial charge >= 0.3 is 0 Å². The highest BCUT2D eigenvalue weighted by molar-refractivity contribution is 7.89. The molecule has 178 valence electrons. The highest BCUT2D eigenvalue weighted by Gasteiger charge is 2.32. The van der Waals surface area contributed by atoms with Gasteiger partial charge in [0.05, 0.1) is 23.1 Å². The largest absolute Gasteiger partial charge is 0.373 e. The minimum atomic E-state index is -3.65. The minimum Gasteiger partial charge on any atom is -0.373 e. The van der Waals surface area contributed by atoms with Crippen molar-refractivity contribution in [1.82, 2.24) is 8.87 Å². The van der Waals surface area contributed by atoms with Crippen LogP contribution in [0.5, 0.6) is 0 Å². The lowest BCUT2D eigenvalue weighted by Gasteiger charge is -2.34. The van der Waals surface area contributed by atoms with E-state index in [9.17, 15) is 13.2 Å². The molecule has 33 heavy (non-hydrogen) atoms. The van der Waals surface area contributed by atoms with E-state index < -0.39 is 10.0 Å². The molecule has 1 saturated heterocycles. The summed E-state index contributed by atoms with van der Waals surface area (Å²) in [5.41, 5.74) is 2.12. The van der Waals surface area contributed by atoms with Gasteiger partial charge in [0.1, 0.15) is 5.49 Å². The number of carbonyl (C=O) groups excluding carboxylic acids is 1. The van der Waals surface area contributed by atoms with Gasteiger partial charge in [0, 0.05) is 24.8 Å². The highest BCUT2D eigenvalue weighted by Crippen LogP contribution is 2.22. The van der Waals surface area contributed by atoms with Crippen molar-refractivity contribution in [3.05, 3.63) is 59.2 Å². The van der Waals surface area contributed by atoms with E-state index in [2.05, 4.69) is 0 Å². The van der Waals surface area contributed by atoms with Crippen LogP contribution >= 0.6 is 0 Å². The number of sulfonamides is 1. The second-order valence-electron chi connectivity index (χ2n) is 9.26. The average molecular weight is 472 g/mol. The van der Waals surface area contributed by atoms with E-state index in [0.717, 1.165) is 18.4 Å². The monoisotopic (exact) mass is 471 g/mol. The van der Waals surface area contributed by atoms with Crippen LogP contribution in [0, 0.1) is 6.92 Å². The molecule has 2 aliphatic rings. The van der Waals surface area contributed by atoms with Gasteiger partial charge < -0.3 is 4.74 Å². The Kier molecular flexibility index (Phi) is 7.16. The first kappa shape index (κ1) is 23.9. The summed E-state index contributed by atoms with van der Waals surface area (Å²) < 4.78 is 34.9. The first-order valence-electron chi connectivity index (χ1n) is 11.8. The third-order valence-electron chi connectivity index (χ3n) is 6.32. The van der Waals surface area contributed by atoms with E-state index in [4.69, 9.17) is 9.73 Å². The van der Waals surface area contributed by atoms with Crippen molar-refractivity contribution >= 4 is 15.9 Å². The number of rotatable bonds is 4. The summed E-state index contributed by atoms with van der Waals surface area (Å²) in [5, 5.41) is 0. The maximum atomic E-state index is 13.3. The number of aryl methyl sites for hydroxylation is 1. The molecular weight excluding hydrogens is 438 g/mol. The fourth-order valence-corrected chi connectivity index (χ4v) is 6.23. The summed E-state index contributed by atoms with van der Waals surface area (Å²) in [4.78, 5) is 18.4. The van der Waals surface area contributed by atoms with Gasteiger partial charge in [-0.3, -0.25) is 14.4 Å². The lowest BCUT2D eigenvalue weighted by Crippen LogP contribution is -2.48. The maximum absolute atomic E-state index is 13.3. The molecule has 1 aliphatic heterocycles. The number of pyridine rings is 1. The van der Waals surface area contributed by atoms with Crippen LogP contribution in [0.1, 0.15) is 61.9 Å². The van der Waals surface area contributed by atoms with Crippen molar-refractivity contribution in [2.24, 2.45) is 4.99 Å². The first-order valence-corrected chi connectivity index (χ1v) is 13.2. The van der Waals surface area contributed by atoms with Crippen LogP contribution < -0.4 is 5.49 Å². The molecule has 2 fully saturated rings. The minimum absolute atomic E-state index is 0.159. The molecule has 8 heteroatoms. The van der Waals surface area contributed by atoms with Gasteiger partial charge in [-0.25, -0.2) is 8.42 Å². The second kappa shape index (κ2) is 9.91. The Labute approximate surface area is 196 Å². The number of benzene rings is 1. The van der Waals surface area contributed by atoms with Gasteiger partial charge in [-0.2, -0.15) is 4.31 Å². The van der Waals surface area contributed by atoms with Gasteiger partial charge in [-0.1, -0.05) is 19.3 Å². The topological polar surface area (TPSA) is 81.0 Å². The molecule has 0 radical (unpaired) electrons. The Morgan fingerprint density at radius 2 is 1.64 bits per heavy atom. The number of nitrogens with zero attached hydrogens (tertiary/aromatic N) is 3. The zero-order chi connectivity index (χ0) is 23.6. The van der Waals surface area contributed by atoms with Crippen molar-refractivity contribution < 1.29 is 17.9 Å². The predicted octanol–water partition coefficient (Wildman–Crippen LogP) is 3.52. The molecule has 2 aromatic rings. The Balaban J connectivity index is 1.60.